The van der Waals surface area contributed by atoms with Crippen LogP contribution >= 0.6 is 17.9 Å². The van der Waals surface area contributed by atoms with E-state index in [1.807, 2.05) is 0 Å². The molecule has 0 bridgehead atoms. The minimum absolute atomic E-state index is 0.687. The average molecular weight is 369 g/mol. The van der Waals surface area contributed by atoms with Gasteiger partial charge in [0, 0.05) is 7.11 Å². The molecule has 0 aliphatic heterocycles. The normalized spacial score (nSPS) is 14.1. The van der Waals surface area contributed by atoms with Gasteiger partial charge in [-0.25, -0.2) is 0 Å². The molecule has 0 aromatic rings. The summed E-state index contributed by atoms with van der Waals surface area (Å²) in [6, 6.07) is 0. The fraction of sp³-hybridized carbons (Fsp3) is 1.00. The van der Waals surface area contributed by atoms with Crippen LogP contribution in [0.5, 0.6) is 0 Å². The molecule has 0 aromatic carbocycles. The van der Waals surface area contributed by atoms with E-state index in [1.54, 1.807) is 7.11 Å². The molecule has 5 heteroatoms. The fourth-order valence-electron chi connectivity index (χ4n) is 2.53. The van der Waals surface area contributed by atoms with Crippen molar-refractivity contribution in [2.45, 2.75) is 96.8 Å². The third kappa shape index (κ3) is 17.3. The Hall–Kier alpha value is 0.920. The van der Waals surface area contributed by atoms with Gasteiger partial charge in [-0.15, -0.1) is 0 Å². The van der Waals surface area contributed by atoms with E-state index in [0.29, 0.717) is 6.61 Å². The molecule has 22 heavy (non-hydrogen) atoms. The first-order valence-electron chi connectivity index (χ1n) is 9.15. The first kappa shape index (κ1) is 22.9. The van der Waals surface area contributed by atoms with Crippen LogP contribution in [0.4, 0.5) is 0 Å². The number of rotatable bonds is 17. The van der Waals surface area contributed by atoms with E-state index >= 15 is 0 Å². The number of thiol groups is 1. The molecule has 0 aromatic heterocycles. The standard InChI is InChI=1S/C17H37O2PS2/c1-3-4-5-6-7-8-9-10-11-12-13-14-15-16-17-19-20(21,22)18-2/h3-17H2,1-2H3,(H,21,22). The van der Waals surface area contributed by atoms with Gasteiger partial charge >= 0.3 is 0 Å². The highest BCUT2D eigenvalue weighted by Gasteiger charge is 2.08. The minimum Gasteiger partial charge on any atom is -0.325 e. The summed E-state index contributed by atoms with van der Waals surface area (Å²) in [5.74, 6) is 0. The third-order valence-corrected chi connectivity index (χ3v) is 6.55. The van der Waals surface area contributed by atoms with Crippen molar-refractivity contribution in [3.8, 4) is 0 Å². The molecule has 0 aliphatic rings. The topological polar surface area (TPSA) is 18.5 Å². The Morgan fingerprint density at radius 1 is 0.727 bits per heavy atom. The summed E-state index contributed by atoms with van der Waals surface area (Å²) >= 11 is 9.27. The van der Waals surface area contributed by atoms with Crippen LogP contribution in [0.3, 0.4) is 0 Å². The average Bonchev–Trinajstić information content (AvgIpc) is 2.51. The molecule has 1 unspecified atom stereocenters. The van der Waals surface area contributed by atoms with Crippen LogP contribution in [-0.4, -0.2) is 13.7 Å². The second kappa shape index (κ2) is 16.8. The van der Waals surface area contributed by atoms with Crippen LogP contribution in [0, 0.1) is 0 Å². The lowest BCUT2D eigenvalue weighted by Crippen LogP contribution is -1.91. The summed E-state index contributed by atoms with van der Waals surface area (Å²) in [5, 5.41) is 0. The van der Waals surface area contributed by atoms with Gasteiger partial charge in [0.25, 0.3) is 0 Å². The SMILES string of the molecule is CCCCCCCCCCCCCCCCOP(=S)(S)OC. The largest absolute Gasteiger partial charge is 0.325 e. The predicted octanol–water partition coefficient (Wildman–Crippen LogP) is 7.29. The van der Waals surface area contributed by atoms with Crippen LogP contribution in [-0.2, 0) is 20.9 Å². The Labute approximate surface area is 149 Å². The number of hydrogen-bond donors (Lipinski definition) is 1. The van der Waals surface area contributed by atoms with E-state index in [-0.39, 0.29) is 0 Å². The Bertz CT molecular complexity index is 275. The summed E-state index contributed by atoms with van der Waals surface area (Å²) < 4.78 is 10.5. The molecule has 0 fully saturated rings. The van der Waals surface area contributed by atoms with E-state index < -0.39 is 5.69 Å². The molecule has 2 nitrogen and oxygen atoms in total. The lowest BCUT2D eigenvalue weighted by Gasteiger charge is -2.13. The first-order chi connectivity index (χ1) is 10.6. The maximum atomic E-state index is 5.45. The van der Waals surface area contributed by atoms with Crippen molar-refractivity contribution >= 4 is 29.7 Å². The summed E-state index contributed by atoms with van der Waals surface area (Å²) in [6.45, 7) is 2.97. The molecule has 0 amide bonds. The van der Waals surface area contributed by atoms with E-state index in [9.17, 15) is 0 Å². The zero-order valence-electron chi connectivity index (χ0n) is 14.7. The lowest BCUT2D eigenvalue weighted by atomic mass is 10.0. The monoisotopic (exact) mass is 368 g/mol. The Morgan fingerprint density at radius 2 is 1.09 bits per heavy atom. The Morgan fingerprint density at radius 3 is 1.45 bits per heavy atom. The molecule has 0 saturated carbocycles. The lowest BCUT2D eigenvalue weighted by molar-refractivity contribution is 0.285. The number of unbranched alkanes of at least 4 members (excludes halogenated alkanes) is 13. The molecule has 0 radical (unpaired) electrons. The van der Waals surface area contributed by atoms with Crippen molar-refractivity contribution in [2.75, 3.05) is 13.7 Å². The van der Waals surface area contributed by atoms with E-state index in [4.69, 9.17) is 20.9 Å². The van der Waals surface area contributed by atoms with Gasteiger partial charge in [-0.1, -0.05) is 103 Å². The van der Waals surface area contributed by atoms with Gasteiger partial charge in [-0.3, -0.25) is 0 Å². The summed E-state index contributed by atoms with van der Waals surface area (Å²) in [7, 11) is 1.57. The third-order valence-electron chi connectivity index (χ3n) is 3.98. The summed E-state index contributed by atoms with van der Waals surface area (Å²) in [6.07, 6.45) is 19.1. The van der Waals surface area contributed by atoms with Gasteiger partial charge in [0.2, 0.25) is 5.69 Å². The van der Waals surface area contributed by atoms with Crippen LogP contribution in [0.2, 0.25) is 0 Å². The van der Waals surface area contributed by atoms with Gasteiger partial charge in [-0.2, -0.15) is 0 Å². The van der Waals surface area contributed by atoms with Crippen LogP contribution < -0.4 is 0 Å². The van der Waals surface area contributed by atoms with Crippen molar-refractivity contribution < 1.29 is 9.05 Å². The second-order valence-electron chi connectivity index (χ2n) is 6.08. The quantitative estimate of drug-likeness (QED) is 0.165. The van der Waals surface area contributed by atoms with Crippen LogP contribution in [0.15, 0.2) is 0 Å². The maximum absolute atomic E-state index is 5.45. The highest BCUT2D eigenvalue weighted by molar-refractivity contribution is 8.60. The zero-order chi connectivity index (χ0) is 16.5. The van der Waals surface area contributed by atoms with Gasteiger partial charge < -0.3 is 9.05 Å². The van der Waals surface area contributed by atoms with Gasteiger partial charge in [0.1, 0.15) is 0 Å². The van der Waals surface area contributed by atoms with Crippen LogP contribution in [0.1, 0.15) is 96.8 Å². The molecule has 0 heterocycles. The molecular weight excluding hydrogens is 331 g/mol. The summed E-state index contributed by atoms with van der Waals surface area (Å²) in [5.41, 5.74) is -2.23. The molecule has 134 valence electrons. The molecule has 0 N–H and O–H groups in total. The first-order valence-corrected chi connectivity index (χ1v) is 12.9. The molecule has 0 aliphatic carbocycles. The minimum atomic E-state index is -2.23. The maximum Gasteiger partial charge on any atom is 0.244 e. The molecule has 1 atom stereocenters. The highest BCUT2D eigenvalue weighted by Crippen LogP contribution is 2.52. The molecule has 0 saturated heterocycles. The van der Waals surface area contributed by atoms with Crippen molar-refractivity contribution in [2.24, 2.45) is 0 Å². The van der Waals surface area contributed by atoms with E-state index in [2.05, 4.69) is 19.2 Å². The second-order valence-corrected chi connectivity index (χ2v) is 11.5. The van der Waals surface area contributed by atoms with Crippen molar-refractivity contribution in [3.05, 3.63) is 0 Å². The number of hydrogen-bond acceptors (Lipinski definition) is 3. The Balaban J connectivity index is 3.07. The molecule has 0 spiro atoms. The van der Waals surface area contributed by atoms with E-state index in [1.165, 1.54) is 83.5 Å². The van der Waals surface area contributed by atoms with Crippen molar-refractivity contribution in [1.29, 1.82) is 0 Å². The highest BCUT2D eigenvalue weighted by atomic mass is 32.9. The van der Waals surface area contributed by atoms with Crippen LogP contribution in [0.25, 0.3) is 0 Å². The summed E-state index contributed by atoms with van der Waals surface area (Å²) in [4.78, 5) is 0. The fourth-order valence-corrected chi connectivity index (χ4v) is 3.46. The van der Waals surface area contributed by atoms with Gasteiger partial charge in [0.15, 0.2) is 0 Å². The van der Waals surface area contributed by atoms with Crippen molar-refractivity contribution in [1.82, 2.24) is 0 Å². The predicted molar refractivity (Wildman–Crippen MR) is 107 cm³/mol. The van der Waals surface area contributed by atoms with Gasteiger partial charge in [-0.05, 0) is 18.2 Å². The smallest absolute Gasteiger partial charge is 0.244 e. The van der Waals surface area contributed by atoms with E-state index in [0.717, 1.165) is 6.42 Å². The van der Waals surface area contributed by atoms with Gasteiger partial charge in [0.05, 0.1) is 6.61 Å². The Kier molecular flexibility index (Phi) is 17.5. The zero-order valence-corrected chi connectivity index (χ0v) is 17.3. The molecule has 0 rings (SSSR count). The van der Waals surface area contributed by atoms with Crippen molar-refractivity contribution in [3.63, 3.8) is 0 Å². The molecular formula is C17H37O2PS2.